The highest BCUT2D eigenvalue weighted by Gasteiger charge is 2.18. The van der Waals surface area contributed by atoms with Crippen LogP contribution in [0.4, 0.5) is 0 Å². The monoisotopic (exact) mass is 448 g/mol. The van der Waals surface area contributed by atoms with Gasteiger partial charge in [0.15, 0.2) is 17.2 Å². The molecule has 4 rings (SSSR count). The number of benzene rings is 4. The van der Waals surface area contributed by atoms with Gasteiger partial charge < -0.3 is 35.0 Å². The molecule has 4 aromatic rings. The Labute approximate surface area is 185 Å². The summed E-state index contributed by atoms with van der Waals surface area (Å²) in [6, 6.07) is 14.8. The Morgan fingerprint density at radius 2 is 1.21 bits per heavy atom. The van der Waals surface area contributed by atoms with E-state index in [0.29, 0.717) is 10.8 Å². The molecule has 166 valence electrons. The van der Waals surface area contributed by atoms with Gasteiger partial charge in [-0.1, -0.05) is 24.3 Å². The normalized spacial score (nSPS) is 10.7. The molecule has 0 fully saturated rings. The first kappa shape index (κ1) is 21.3. The highest BCUT2D eigenvalue weighted by atomic mass is 16.5. The summed E-state index contributed by atoms with van der Waals surface area (Å²) in [5.74, 6) is -4.62. The van der Waals surface area contributed by atoms with E-state index in [1.807, 2.05) is 0 Å². The van der Waals surface area contributed by atoms with Crippen LogP contribution < -0.4 is 9.47 Å². The van der Waals surface area contributed by atoms with Crippen molar-refractivity contribution in [3.8, 4) is 40.2 Å². The molecule has 0 bridgehead atoms. The fourth-order valence-corrected chi connectivity index (χ4v) is 3.15. The van der Waals surface area contributed by atoms with Crippen LogP contribution >= 0.6 is 0 Å². The van der Waals surface area contributed by atoms with Gasteiger partial charge in [0, 0.05) is 17.5 Å². The van der Waals surface area contributed by atoms with E-state index in [4.69, 9.17) is 9.47 Å². The lowest BCUT2D eigenvalue weighted by atomic mass is 10.1. The van der Waals surface area contributed by atoms with Gasteiger partial charge in [-0.15, -0.1) is 0 Å². The third kappa shape index (κ3) is 4.42. The molecule has 0 radical (unpaired) electrons. The quantitative estimate of drug-likeness (QED) is 0.178. The second-order valence-corrected chi connectivity index (χ2v) is 7.02. The van der Waals surface area contributed by atoms with Gasteiger partial charge >= 0.3 is 11.9 Å². The van der Waals surface area contributed by atoms with Crippen LogP contribution in [0.25, 0.3) is 10.8 Å². The molecule has 5 N–H and O–H groups in total. The number of carbonyl (C=O) groups excluding carboxylic acids is 2. The minimum absolute atomic E-state index is 0.00712. The smallest absolute Gasteiger partial charge is 0.343 e. The average Bonchev–Trinajstić information content (AvgIpc) is 2.76. The Morgan fingerprint density at radius 1 is 0.636 bits per heavy atom. The second-order valence-electron chi connectivity index (χ2n) is 7.02. The van der Waals surface area contributed by atoms with E-state index in [0.717, 1.165) is 30.3 Å². The molecule has 4 aromatic carbocycles. The van der Waals surface area contributed by atoms with Gasteiger partial charge in [0.25, 0.3) is 0 Å². The van der Waals surface area contributed by atoms with Crippen LogP contribution in [0.1, 0.15) is 20.7 Å². The Balaban J connectivity index is 1.68. The predicted octanol–water partition coefficient (Wildman–Crippen LogP) is 3.81. The van der Waals surface area contributed by atoms with Gasteiger partial charge in [-0.3, -0.25) is 0 Å². The number of carbonyl (C=O) groups is 2. The second kappa shape index (κ2) is 8.31. The Kier molecular flexibility index (Phi) is 5.37. The average molecular weight is 448 g/mol. The van der Waals surface area contributed by atoms with E-state index in [1.54, 1.807) is 24.3 Å². The van der Waals surface area contributed by atoms with Gasteiger partial charge in [-0.25, -0.2) is 9.59 Å². The van der Waals surface area contributed by atoms with Crippen molar-refractivity contribution < 1.29 is 44.6 Å². The third-order valence-corrected chi connectivity index (χ3v) is 4.65. The van der Waals surface area contributed by atoms with Crippen molar-refractivity contribution in [1.82, 2.24) is 0 Å². The van der Waals surface area contributed by atoms with E-state index >= 15 is 0 Å². The number of esters is 2. The minimum Gasteiger partial charge on any atom is -0.508 e. The first-order chi connectivity index (χ1) is 15.7. The molecule has 0 saturated heterocycles. The number of phenolic OH excluding ortho intramolecular Hbond substituents is 5. The zero-order valence-corrected chi connectivity index (χ0v) is 16.7. The molecule has 0 atom stereocenters. The van der Waals surface area contributed by atoms with E-state index in [1.165, 1.54) is 12.1 Å². The number of aromatic hydroxyl groups is 5. The predicted molar refractivity (Wildman–Crippen MR) is 115 cm³/mol. The maximum atomic E-state index is 12.6. The molecular formula is C24H16O9. The van der Waals surface area contributed by atoms with E-state index in [-0.39, 0.29) is 34.1 Å². The van der Waals surface area contributed by atoms with Crippen molar-refractivity contribution in [3.05, 3.63) is 77.9 Å². The number of hydrogen-bond donors (Lipinski definition) is 5. The summed E-state index contributed by atoms with van der Waals surface area (Å²) in [4.78, 5) is 25.1. The summed E-state index contributed by atoms with van der Waals surface area (Å²) in [6.45, 7) is 0. The molecule has 0 heterocycles. The number of hydrogen-bond acceptors (Lipinski definition) is 9. The first-order valence-electron chi connectivity index (χ1n) is 9.46. The number of phenols is 5. The molecule has 0 amide bonds. The molecular weight excluding hydrogens is 432 g/mol. The minimum atomic E-state index is -0.953. The van der Waals surface area contributed by atoms with Gasteiger partial charge in [0.1, 0.15) is 23.0 Å². The fraction of sp³-hybridized carbons (Fsp3) is 0. The zero-order valence-electron chi connectivity index (χ0n) is 16.7. The molecule has 9 heteroatoms. The Bertz CT molecular complexity index is 1370. The lowest BCUT2D eigenvalue weighted by Gasteiger charge is -2.12. The molecule has 0 saturated carbocycles. The van der Waals surface area contributed by atoms with Crippen LogP contribution in [0, 0.1) is 0 Å². The zero-order chi connectivity index (χ0) is 23.7. The van der Waals surface area contributed by atoms with Crippen molar-refractivity contribution in [2.24, 2.45) is 0 Å². The molecule has 0 spiro atoms. The summed E-state index contributed by atoms with van der Waals surface area (Å²) >= 11 is 0. The van der Waals surface area contributed by atoms with E-state index in [2.05, 4.69) is 0 Å². The summed E-state index contributed by atoms with van der Waals surface area (Å²) in [5, 5.41) is 49.0. The number of ether oxygens (including phenoxy) is 2. The van der Waals surface area contributed by atoms with Crippen molar-refractivity contribution in [1.29, 1.82) is 0 Å². The van der Waals surface area contributed by atoms with E-state index in [9.17, 15) is 35.1 Å². The van der Waals surface area contributed by atoms with Crippen LogP contribution in [-0.2, 0) is 0 Å². The molecule has 9 nitrogen and oxygen atoms in total. The molecule has 33 heavy (non-hydrogen) atoms. The first-order valence-corrected chi connectivity index (χ1v) is 9.46. The van der Waals surface area contributed by atoms with Crippen LogP contribution in [0.3, 0.4) is 0 Å². The van der Waals surface area contributed by atoms with Crippen molar-refractivity contribution in [2.45, 2.75) is 0 Å². The lowest BCUT2D eigenvalue weighted by Crippen LogP contribution is -2.10. The van der Waals surface area contributed by atoms with Crippen LogP contribution in [-0.4, -0.2) is 37.5 Å². The maximum absolute atomic E-state index is 12.6. The summed E-state index contributed by atoms with van der Waals surface area (Å²) in [6.07, 6.45) is 0. The Hall–Kier alpha value is -4.92. The maximum Gasteiger partial charge on any atom is 0.343 e. The largest absolute Gasteiger partial charge is 0.508 e. The standard InChI is InChI=1S/C24H16O9/c25-15-5-13(6-16(26)10-15)24(31)33-21-11-17(7-12-3-1-2-4-18(12)21)32-23(30)14-8-19(27)22(29)20(28)9-14/h1-11,25-29H. The molecule has 0 aromatic heterocycles. The van der Waals surface area contributed by atoms with Crippen LogP contribution in [0.5, 0.6) is 40.2 Å². The lowest BCUT2D eigenvalue weighted by molar-refractivity contribution is 0.0733. The molecule has 0 unspecified atom stereocenters. The van der Waals surface area contributed by atoms with E-state index < -0.39 is 29.2 Å². The van der Waals surface area contributed by atoms with Gasteiger partial charge in [0.2, 0.25) is 0 Å². The Morgan fingerprint density at radius 3 is 1.88 bits per heavy atom. The van der Waals surface area contributed by atoms with Crippen molar-refractivity contribution >= 4 is 22.7 Å². The number of rotatable bonds is 4. The van der Waals surface area contributed by atoms with Crippen molar-refractivity contribution in [3.63, 3.8) is 0 Å². The molecule has 0 aliphatic carbocycles. The molecule has 0 aliphatic heterocycles. The fourth-order valence-electron chi connectivity index (χ4n) is 3.15. The van der Waals surface area contributed by atoms with Crippen LogP contribution in [0.15, 0.2) is 66.7 Å². The summed E-state index contributed by atoms with van der Waals surface area (Å²) in [5.41, 5.74) is -0.334. The SMILES string of the molecule is O=C(Oc1cc(OC(=O)c2cc(O)cc(O)c2)c2ccccc2c1)c1cc(O)c(O)c(O)c1. The summed E-state index contributed by atoms with van der Waals surface area (Å²) in [7, 11) is 0. The van der Waals surface area contributed by atoms with Gasteiger partial charge in [-0.05, 0) is 35.7 Å². The molecule has 0 aliphatic rings. The highest BCUT2D eigenvalue weighted by Crippen LogP contribution is 2.36. The third-order valence-electron chi connectivity index (χ3n) is 4.65. The number of fused-ring (bicyclic) bond motifs is 1. The summed E-state index contributed by atoms with van der Waals surface area (Å²) < 4.78 is 10.8. The van der Waals surface area contributed by atoms with Gasteiger partial charge in [-0.2, -0.15) is 0 Å². The van der Waals surface area contributed by atoms with Crippen LogP contribution in [0.2, 0.25) is 0 Å². The van der Waals surface area contributed by atoms with Crippen molar-refractivity contribution in [2.75, 3.05) is 0 Å². The van der Waals surface area contributed by atoms with Gasteiger partial charge in [0.05, 0.1) is 11.1 Å². The highest BCUT2D eigenvalue weighted by molar-refractivity contribution is 5.98. The topological polar surface area (TPSA) is 154 Å².